The van der Waals surface area contributed by atoms with Crippen molar-refractivity contribution in [3.8, 4) is 0 Å². The van der Waals surface area contributed by atoms with Gasteiger partial charge in [0, 0.05) is 12.5 Å². The van der Waals surface area contributed by atoms with Gasteiger partial charge in [-0.15, -0.1) is 10.2 Å². The number of hydrogen-bond acceptors (Lipinski definition) is 4. The molecule has 0 aromatic carbocycles. The quantitative estimate of drug-likeness (QED) is 0.783. The van der Waals surface area contributed by atoms with Crippen molar-refractivity contribution in [2.24, 2.45) is 5.92 Å². The number of carboxylic acids is 1. The van der Waals surface area contributed by atoms with E-state index in [4.69, 9.17) is 5.11 Å². The van der Waals surface area contributed by atoms with Crippen LogP contribution in [0.2, 0.25) is 0 Å². The molecule has 2 saturated carbocycles. The van der Waals surface area contributed by atoms with Crippen LogP contribution in [0.4, 0.5) is 0 Å². The Labute approximate surface area is 123 Å². The fraction of sp³-hybridized carbons (Fsp3) is 0.786. The van der Waals surface area contributed by atoms with Crippen molar-refractivity contribution < 1.29 is 9.90 Å². The van der Waals surface area contributed by atoms with Crippen LogP contribution >= 0.6 is 11.8 Å². The summed E-state index contributed by atoms with van der Waals surface area (Å²) in [4.78, 5) is 10.7. The van der Waals surface area contributed by atoms with Crippen molar-refractivity contribution in [1.29, 1.82) is 0 Å². The van der Waals surface area contributed by atoms with Crippen molar-refractivity contribution in [1.82, 2.24) is 14.8 Å². The molecule has 0 unspecified atom stereocenters. The molecule has 0 bridgehead atoms. The Morgan fingerprint density at radius 1 is 1.25 bits per heavy atom. The summed E-state index contributed by atoms with van der Waals surface area (Å²) in [6, 6.07) is 0.514. The van der Waals surface area contributed by atoms with Crippen LogP contribution in [-0.4, -0.2) is 31.6 Å². The Kier molecular flexibility index (Phi) is 4.29. The van der Waals surface area contributed by atoms with Gasteiger partial charge in [-0.2, -0.15) is 0 Å². The molecule has 0 saturated heterocycles. The monoisotopic (exact) mass is 295 g/mol. The van der Waals surface area contributed by atoms with Crippen LogP contribution in [0.25, 0.3) is 0 Å². The predicted molar refractivity (Wildman–Crippen MR) is 76.9 cm³/mol. The molecule has 1 heterocycles. The summed E-state index contributed by atoms with van der Waals surface area (Å²) in [7, 11) is 0. The molecule has 3 rings (SSSR count). The number of carboxylic acid groups (broad SMARTS) is 1. The highest BCUT2D eigenvalue weighted by atomic mass is 32.2. The molecule has 0 spiro atoms. The van der Waals surface area contributed by atoms with E-state index in [9.17, 15) is 4.79 Å². The predicted octanol–water partition coefficient (Wildman–Crippen LogP) is 2.91. The molecular formula is C14H21N3O2S. The molecule has 0 aliphatic heterocycles. The van der Waals surface area contributed by atoms with E-state index in [1.165, 1.54) is 56.7 Å². The van der Waals surface area contributed by atoms with E-state index in [-0.39, 0.29) is 5.75 Å². The molecule has 0 amide bonds. The Bertz CT molecular complexity index is 479. The van der Waals surface area contributed by atoms with E-state index in [0.717, 1.165) is 23.3 Å². The Morgan fingerprint density at radius 2 is 2.00 bits per heavy atom. The first-order chi connectivity index (χ1) is 9.74. The Hall–Kier alpha value is -1.04. The summed E-state index contributed by atoms with van der Waals surface area (Å²) in [5.41, 5.74) is 0. The van der Waals surface area contributed by atoms with Gasteiger partial charge in [0.05, 0.1) is 5.75 Å². The Balaban J connectivity index is 1.65. The zero-order valence-corrected chi connectivity index (χ0v) is 12.4. The molecule has 110 valence electrons. The zero-order valence-electron chi connectivity index (χ0n) is 11.6. The lowest BCUT2D eigenvalue weighted by Gasteiger charge is -2.10. The molecule has 0 radical (unpaired) electrons. The highest BCUT2D eigenvalue weighted by Gasteiger charge is 2.30. The summed E-state index contributed by atoms with van der Waals surface area (Å²) < 4.78 is 2.20. The summed E-state index contributed by atoms with van der Waals surface area (Å²) in [6.07, 6.45) is 10.0. The largest absolute Gasteiger partial charge is 0.481 e. The third-order valence-corrected chi connectivity index (χ3v) is 5.15. The van der Waals surface area contributed by atoms with E-state index < -0.39 is 5.97 Å². The smallest absolute Gasteiger partial charge is 0.313 e. The molecule has 0 atom stereocenters. The first-order valence-corrected chi connectivity index (χ1v) is 8.51. The fourth-order valence-electron chi connectivity index (χ4n) is 3.03. The van der Waals surface area contributed by atoms with Crippen LogP contribution in [0.5, 0.6) is 0 Å². The van der Waals surface area contributed by atoms with Gasteiger partial charge in [0.25, 0.3) is 0 Å². The van der Waals surface area contributed by atoms with Crippen LogP contribution < -0.4 is 0 Å². The zero-order chi connectivity index (χ0) is 13.9. The second-order valence-electron chi connectivity index (χ2n) is 5.87. The number of nitrogens with zero attached hydrogens (tertiary/aromatic N) is 3. The third-order valence-electron chi connectivity index (χ3n) is 4.22. The first kappa shape index (κ1) is 13.9. The summed E-state index contributed by atoms with van der Waals surface area (Å²) in [5.74, 6) is 1.18. The highest BCUT2D eigenvalue weighted by molar-refractivity contribution is 7.99. The first-order valence-electron chi connectivity index (χ1n) is 7.52. The minimum Gasteiger partial charge on any atom is -0.481 e. The van der Waals surface area contributed by atoms with Crippen molar-refractivity contribution in [3.63, 3.8) is 0 Å². The van der Waals surface area contributed by atoms with Gasteiger partial charge in [-0.25, -0.2) is 0 Å². The van der Waals surface area contributed by atoms with Gasteiger partial charge in [0.15, 0.2) is 5.16 Å². The van der Waals surface area contributed by atoms with E-state index in [0.29, 0.717) is 6.04 Å². The lowest BCUT2D eigenvalue weighted by Crippen LogP contribution is -2.07. The van der Waals surface area contributed by atoms with Crippen LogP contribution in [0.1, 0.15) is 56.8 Å². The van der Waals surface area contributed by atoms with Gasteiger partial charge in [-0.1, -0.05) is 37.4 Å². The number of aliphatic carboxylic acids is 1. The minimum absolute atomic E-state index is 0.0630. The van der Waals surface area contributed by atoms with Gasteiger partial charge in [0.1, 0.15) is 5.82 Å². The molecule has 1 aromatic rings. The number of rotatable bonds is 7. The molecule has 2 aliphatic carbocycles. The van der Waals surface area contributed by atoms with E-state index in [2.05, 4.69) is 14.8 Å². The van der Waals surface area contributed by atoms with Crippen LogP contribution in [-0.2, 0) is 11.2 Å². The molecule has 20 heavy (non-hydrogen) atoms. The lowest BCUT2D eigenvalue weighted by molar-refractivity contribution is -0.133. The van der Waals surface area contributed by atoms with Crippen molar-refractivity contribution in [2.45, 2.75) is 62.6 Å². The SMILES string of the molecule is O=C(O)CSc1nnc(CCC2CCCC2)n1C1CC1. The number of thioether (sulfide) groups is 1. The second kappa shape index (κ2) is 6.16. The van der Waals surface area contributed by atoms with Gasteiger partial charge in [-0.3, -0.25) is 4.79 Å². The Morgan fingerprint density at radius 3 is 2.65 bits per heavy atom. The lowest BCUT2D eigenvalue weighted by atomic mass is 10.0. The maximum absolute atomic E-state index is 10.7. The average Bonchev–Trinajstić information content (AvgIpc) is 2.98. The average molecular weight is 295 g/mol. The molecular weight excluding hydrogens is 274 g/mol. The van der Waals surface area contributed by atoms with Gasteiger partial charge < -0.3 is 9.67 Å². The van der Waals surface area contributed by atoms with Crippen LogP contribution in [0.15, 0.2) is 5.16 Å². The molecule has 2 aliphatic rings. The van der Waals surface area contributed by atoms with Crippen molar-refractivity contribution in [2.75, 3.05) is 5.75 Å². The maximum Gasteiger partial charge on any atom is 0.313 e. The molecule has 6 heteroatoms. The highest BCUT2D eigenvalue weighted by Crippen LogP contribution is 2.39. The number of carbonyl (C=O) groups is 1. The number of aryl methyl sites for hydroxylation is 1. The number of hydrogen-bond donors (Lipinski definition) is 1. The standard InChI is InChI=1S/C14H21N3O2S/c18-13(19)9-20-14-16-15-12(17(14)11-6-7-11)8-5-10-3-1-2-4-10/h10-11H,1-9H2,(H,18,19). The van der Waals surface area contributed by atoms with Gasteiger partial charge in [-0.05, 0) is 25.2 Å². The topological polar surface area (TPSA) is 68.0 Å². The normalized spacial score (nSPS) is 19.6. The van der Waals surface area contributed by atoms with Crippen molar-refractivity contribution in [3.05, 3.63) is 5.82 Å². The summed E-state index contributed by atoms with van der Waals surface area (Å²) in [5, 5.41) is 18.1. The molecule has 5 nitrogen and oxygen atoms in total. The minimum atomic E-state index is -0.798. The summed E-state index contributed by atoms with van der Waals surface area (Å²) >= 11 is 1.29. The fourth-order valence-corrected chi connectivity index (χ4v) is 3.78. The summed E-state index contributed by atoms with van der Waals surface area (Å²) in [6.45, 7) is 0. The van der Waals surface area contributed by atoms with E-state index in [1.54, 1.807) is 0 Å². The van der Waals surface area contributed by atoms with Gasteiger partial charge >= 0.3 is 5.97 Å². The maximum atomic E-state index is 10.7. The number of aromatic nitrogens is 3. The van der Waals surface area contributed by atoms with Gasteiger partial charge in [0.2, 0.25) is 0 Å². The molecule has 1 N–H and O–H groups in total. The third kappa shape index (κ3) is 3.34. The second-order valence-corrected chi connectivity index (χ2v) is 6.81. The van der Waals surface area contributed by atoms with E-state index in [1.807, 2.05) is 0 Å². The van der Waals surface area contributed by atoms with Crippen molar-refractivity contribution >= 4 is 17.7 Å². The molecule has 1 aromatic heterocycles. The van der Waals surface area contributed by atoms with Crippen LogP contribution in [0, 0.1) is 5.92 Å². The van der Waals surface area contributed by atoms with Crippen LogP contribution in [0.3, 0.4) is 0 Å². The molecule has 2 fully saturated rings. The van der Waals surface area contributed by atoms with E-state index >= 15 is 0 Å².